The summed E-state index contributed by atoms with van der Waals surface area (Å²) in [6, 6.07) is 17.9. The Kier molecular flexibility index (Phi) is 5.64. The van der Waals surface area contributed by atoms with Gasteiger partial charge in [-0.1, -0.05) is 41.7 Å². The number of aromatic nitrogens is 3. The lowest BCUT2D eigenvalue weighted by atomic mass is 10.2. The van der Waals surface area contributed by atoms with E-state index in [1.165, 1.54) is 11.3 Å². The second kappa shape index (κ2) is 8.87. The molecule has 1 saturated heterocycles. The van der Waals surface area contributed by atoms with Crippen molar-refractivity contribution < 1.29 is 14.3 Å². The van der Waals surface area contributed by atoms with Gasteiger partial charge in [0.2, 0.25) is 11.0 Å². The number of hydrogen-bond donors (Lipinski definition) is 1. The zero-order chi connectivity index (χ0) is 21.0. The summed E-state index contributed by atoms with van der Waals surface area (Å²) in [5, 5.41) is 13.5. The standard InChI is InChI=1S/C23H22N4O3S/c28-21(24-23-26-25-22(31-23)20-7-4-12-29-20)14-27-11-10-17-8-9-18(13-19(17)27)30-15-16-5-2-1-3-6-16/h1-3,5-6,8-11,13,20H,4,7,12,14-15H2,(H,24,26,28)/t20-/m1/s1. The molecular weight excluding hydrogens is 412 g/mol. The Hall–Kier alpha value is -3.23. The van der Waals surface area contributed by atoms with Gasteiger partial charge in [-0.2, -0.15) is 0 Å². The third-order valence-electron chi connectivity index (χ3n) is 5.20. The molecule has 1 atom stereocenters. The topological polar surface area (TPSA) is 78.3 Å². The van der Waals surface area contributed by atoms with E-state index in [-0.39, 0.29) is 18.6 Å². The SMILES string of the molecule is O=C(Cn1ccc2ccc(OCc3ccccc3)cc21)Nc1nnc([C@H]2CCCO2)s1. The van der Waals surface area contributed by atoms with Crippen molar-refractivity contribution >= 4 is 33.3 Å². The summed E-state index contributed by atoms with van der Waals surface area (Å²) in [6.45, 7) is 1.43. The van der Waals surface area contributed by atoms with Crippen molar-refractivity contribution in [3.8, 4) is 5.75 Å². The summed E-state index contributed by atoms with van der Waals surface area (Å²) in [5.41, 5.74) is 2.05. The van der Waals surface area contributed by atoms with E-state index in [1.54, 1.807) is 0 Å². The maximum Gasteiger partial charge on any atom is 0.246 e. The van der Waals surface area contributed by atoms with E-state index in [4.69, 9.17) is 9.47 Å². The van der Waals surface area contributed by atoms with Crippen molar-refractivity contribution in [1.82, 2.24) is 14.8 Å². The zero-order valence-electron chi connectivity index (χ0n) is 16.9. The molecule has 1 amide bonds. The van der Waals surface area contributed by atoms with Gasteiger partial charge in [-0.15, -0.1) is 10.2 Å². The fourth-order valence-corrected chi connectivity index (χ4v) is 4.48. The number of rotatable bonds is 7. The molecule has 1 fully saturated rings. The number of amides is 1. The molecule has 2 aromatic carbocycles. The Labute approximate surface area is 183 Å². The number of carbonyl (C=O) groups is 1. The van der Waals surface area contributed by atoms with Crippen LogP contribution >= 0.6 is 11.3 Å². The molecule has 0 bridgehead atoms. The van der Waals surface area contributed by atoms with Gasteiger partial charge in [0.05, 0.1) is 5.52 Å². The predicted octanol–water partition coefficient (Wildman–Crippen LogP) is 4.56. The van der Waals surface area contributed by atoms with E-state index in [0.29, 0.717) is 11.7 Å². The molecule has 1 N–H and O–H groups in total. The van der Waals surface area contributed by atoms with Gasteiger partial charge in [-0.3, -0.25) is 10.1 Å². The molecule has 31 heavy (non-hydrogen) atoms. The average Bonchev–Trinajstić information content (AvgIpc) is 3.54. The van der Waals surface area contributed by atoms with Gasteiger partial charge in [0.15, 0.2) is 0 Å². The first-order valence-electron chi connectivity index (χ1n) is 10.2. The largest absolute Gasteiger partial charge is 0.489 e. The molecule has 7 nitrogen and oxygen atoms in total. The molecule has 0 unspecified atom stereocenters. The number of hydrogen-bond acceptors (Lipinski definition) is 6. The highest BCUT2D eigenvalue weighted by atomic mass is 32.1. The Morgan fingerprint density at radius 2 is 2.10 bits per heavy atom. The van der Waals surface area contributed by atoms with Crippen LogP contribution < -0.4 is 10.1 Å². The van der Waals surface area contributed by atoms with Crippen LogP contribution in [0.25, 0.3) is 10.9 Å². The van der Waals surface area contributed by atoms with Crippen molar-refractivity contribution in [3.63, 3.8) is 0 Å². The van der Waals surface area contributed by atoms with E-state index in [1.807, 2.05) is 65.4 Å². The van der Waals surface area contributed by atoms with Crippen LogP contribution in [0, 0.1) is 0 Å². The first kappa shape index (κ1) is 19.7. The molecule has 1 aliphatic rings. The normalized spacial score (nSPS) is 15.9. The molecule has 0 aliphatic carbocycles. The lowest BCUT2D eigenvalue weighted by Crippen LogP contribution is -2.18. The molecule has 0 saturated carbocycles. The number of anilines is 1. The zero-order valence-corrected chi connectivity index (χ0v) is 17.7. The molecule has 4 aromatic rings. The third-order valence-corrected chi connectivity index (χ3v) is 6.13. The van der Waals surface area contributed by atoms with Crippen LogP contribution in [0.4, 0.5) is 5.13 Å². The summed E-state index contributed by atoms with van der Waals surface area (Å²) in [4.78, 5) is 12.6. The second-order valence-corrected chi connectivity index (χ2v) is 8.44. The van der Waals surface area contributed by atoms with Crippen LogP contribution in [-0.2, 0) is 22.7 Å². The number of nitrogens with one attached hydrogen (secondary N) is 1. The Morgan fingerprint density at radius 1 is 1.19 bits per heavy atom. The predicted molar refractivity (Wildman–Crippen MR) is 119 cm³/mol. The summed E-state index contributed by atoms with van der Waals surface area (Å²) >= 11 is 1.37. The molecule has 5 rings (SSSR count). The van der Waals surface area contributed by atoms with Gasteiger partial charge in [-0.25, -0.2) is 0 Å². The Bertz CT molecular complexity index is 1180. The number of benzene rings is 2. The number of fused-ring (bicyclic) bond motifs is 1. The quantitative estimate of drug-likeness (QED) is 0.461. The minimum atomic E-state index is -0.150. The van der Waals surface area contributed by atoms with Crippen molar-refractivity contribution in [2.75, 3.05) is 11.9 Å². The maximum absolute atomic E-state index is 12.6. The maximum atomic E-state index is 12.6. The molecule has 8 heteroatoms. The van der Waals surface area contributed by atoms with E-state index >= 15 is 0 Å². The molecule has 3 heterocycles. The van der Waals surface area contributed by atoms with Gasteiger partial charge in [0, 0.05) is 18.9 Å². The van der Waals surface area contributed by atoms with Crippen LogP contribution in [-0.4, -0.2) is 27.3 Å². The second-order valence-electron chi connectivity index (χ2n) is 7.43. The van der Waals surface area contributed by atoms with Crippen molar-refractivity contribution in [1.29, 1.82) is 0 Å². The van der Waals surface area contributed by atoms with Crippen molar-refractivity contribution in [3.05, 3.63) is 71.4 Å². The molecule has 0 radical (unpaired) electrons. The van der Waals surface area contributed by atoms with Gasteiger partial charge in [0.1, 0.15) is 30.0 Å². The van der Waals surface area contributed by atoms with E-state index in [0.717, 1.165) is 46.7 Å². The van der Waals surface area contributed by atoms with E-state index in [2.05, 4.69) is 15.5 Å². The average molecular weight is 435 g/mol. The van der Waals surface area contributed by atoms with Crippen molar-refractivity contribution in [2.24, 2.45) is 0 Å². The van der Waals surface area contributed by atoms with Crippen LogP contribution in [0.5, 0.6) is 5.75 Å². The van der Waals surface area contributed by atoms with Crippen LogP contribution in [0.3, 0.4) is 0 Å². The number of carbonyl (C=O) groups excluding carboxylic acids is 1. The summed E-state index contributed by atoms with van der Waals surface area (Å²) in [5.74, 6) is 0.616. The van der Waals surface area contributed by atoms with E-state index in [9.17, 15) is 4.79 Å². The number of ether oxygens (including phenoxy) is 2. The summed E-state index contributed by atoms with van der Waals surface area (Å²) in [7, 11) is 0. The highest BCUT2D eigenvalue weighted by Crippen LogP contribution is 2.32. The van der Waals surface area contributed by atoms with Gasteiger partial charge < -0.3 is 14.0 Å². The van der Waals surface area contributed by atoms with Crippen molar-refractivity contribution in [2.45, 2.75) is 32.1 Å². The monoisotopic (exact) mass is 434 g/mol. The Balaban J connectivity index is 1.24. The fourth-order valence-electron chi connectivity index (χ4n) is 3.63. The first-order valence-corrected chi connectivity index (χ1v) is 11.1. The minimum absolute atomic E-state index is 0.00542. The summed E-state index contributed by atoms with van der Waals surface area (Å²) in [6.07, 6.45) is 3.89. The fraction of sp³-hybridized carbons (Fsp3) is 0.261. The minimum Gasteiger partial charge on any atom is -0.489 e. The smallest absolute Gasteiger partial charge is 0.246 e. The lowest BCUT2D eigenvalue weighted by Gasteiger charge is -2.09. The highest BCUT2D eigenvalue weighted by molar-refractivity contribution is 7.15. The van der Waals surface area contributed by atoms with Crippen LogP contribution in [0.2, 0.25) is 0 Å². The highest BCUT2D eigenvalue weighted by Gasteiger charge is 2.22. The molecular formula is C23H22N4O3S. The molecule has 1 aliphatic heterocycles. The first-order chi connectivity index (χ1) is 15.2. The third kappa shape index (κ3) is 4.60. The molecule has 158 valence electrons. The lowest BCUT2D eigenvalue weighted by molar-refractivity contribution is -0.116. The van der Waals surface area contributed by atoms with Gasteiger partial charge in [0.25, 0.3) is 0 Å². The van der Waals surface area contributed by atoms with E-state index < -0.39 is 0 Å². The Morgan fingerprint density at radius 3 is 2.94 bits per heavy atom. The number of nitrogens with zero attached hydrogens (tertiary/aromatic N) is 3. The van der Waals surface area contributed by atoms with Crippen LogP contribution in [0.1, 0.15) is 29.5 Å². The summed E-state index contributed by atoms with van der Waals surface area (Å²) < 4.78 is 13.5. The molecule has 0 spiro atoms. The molecule has 2 aromatic heterocycles. The van der Waals surface area contributed by atoms with Crippen LogP contribution in [0.15, 0.2) is 60.8 Å². The van der Waals surface area contributed by atoms with Gasteiger partial charge in [-0.05, 0) is 42.0 Å². The van der Waals surface area contributed by atoms with Gasteiger partial charge >= 0.3 is 0 Å².